The van der Waals surface area contributed by atoms with E-state index in [2.05, 4.69) is 11.0 Å². The number of carbonyl (C=O) groups excluding carboxylic acids is 1. The Morgan fingerprint density at radius 3 is 2.69 bits per heavy atom. The van der Waals surface area contributed by atoms with Crippen molar-refractivity contribution in [2.24, 2.45) is 0 Å². The lowest BCUT2D eigenvalue weighted by atomic mass is 9.73. The molecule has 2 N–H and O–H groups in total. The summed E-state index contributed by atoms with van der Waals surface area (Å²) in [6.45, 7) is 4.54. The van der Waals surface area contributed by atoms with Crippen molar-refractivity contribution in [3.63, 3.8) is 0 Å². The Kier molecular flexibility index (Phi) is 4.68. The van der Waals surface area contributed by atoms with Crippen LogP contribution in [0.3, 0.4) is 0 Å². The van der Waals surface area contributed by atoms with Gasteiger partial charge in [-0.2, -0.15) is 8.42 Å². The van der Waals surface area contributed by atoms with Crippen LogP contribution in [0.2, 0.25) is 0 Å². The highest BCUT2D eigenvalue weighted by Crippen LogP contribution is 2.56. The molecule has 0 spiro atoms. The van der Waals surface area contributed by atoms with E-state index in [1.54, 1.807) is 6.08 Å². The predicted molar refractivity (Wildman–Crippen MR) is 133 cm³/mol. The number of nitrogens with zero attached hydrogens (tertiary/aromatic N) is 1. The average Bonchev–Trinajstić information content (AvgIpc) is 3.04. The number of fused-ring (bicyclic) bond motifs is 7. The minimum atomic E-state index is -4.72. The van der Waals surface area contributed by atoms with E-state index < -0.39 is 38.3 Å². The maximum atomic E-state index is 12.3. The van der Waals surface area contributed by atoms with Crippen LogP contribution in [-0.4, -0.2) is 42.5 Å². The van der Waals surface area contributed by atoms with Crippen molar-refractivity contribution in [2.45, 2.75) is 38.2 Å². The molecule has 0 aromatic heterocycles. The molecule has 184 valence electrons. The molecule has 0 fully saturated rings. The summed E-state index contributed by atoms with van der Waals surface area (Å²) >= 11 is 0. The monoisotopic (exact) mass is 505 g/mol. The fraction of sp³-hybridized carbons (Fsp3) is 0.259. The summed E-state index contributed by atoms with van der Waals surface area (Å²) in [7, 11) is -4.72. The Balaban J connectivity index is 1.63. The van der Waals surface area contributed by atoms with E-state index in [0.717, 1.165) is 51.0 Å². The van der Waals surface area contributed by atoms with Gasteiger partial charge in [0.05, 0.1) is 6.42 Å². The molecule has 0 amide bonds. The molecule has 2 aromatic rings. The van der Waals surface area contributed by atoms with Gasteiger partial charge in [-0.25, -0.2) is 0 Å². The third-order valence-corrected chi connectivity index (χ3v) is 8.34. The summed E-state index contributed by atoms with van der Waals surface area (Å²) in [5.74, 6) is -1.54. The average molecular weight is 506 g/mol. The highest BCUT2D eigenvalue weighted by atomic mass is 32.2. The lowest BCUT2D eigenvalue weighted by Gasteiger charge is -2.41. The van der Waals surface area contributed by atoms with Crippen molar-refractivity contribution >= 4 is 38.3 Å². The first-order chi connectivity index (χ1) is 17.0. The second-order valence-corrected chi connectivity index (χ2v) is 11.3. The van der Waals surface area contributed by atoms with E-state index in [9.17, 15) is 27.7 Å². The number of rotatable bonds is 3. The molecule has 2 unspecified atom stereocenters. The topological polar surface area (TPSA) is 121 Å². The van der Waals surface area contributed by atoms with Crippen LogP contribution in [0, 0.1) is 6.92 Å². The van der Waals surface area contributed by atoms with Crippen LogP contribution in [0.1, 0.15) is 30.9 Å². The molecular formula is C27H23NO7S. The van der Waals surface area contributed by atoms with Gasteiger partial charge in [0, 0.05) is 47.0 Å². The van der Waals surface area contributed by atoms with E-state index in [0.29, 0.717) is 18.5 Å². The Labute approximate surface area is 207 Å². The largest absolute Gasteiger partial charge is 0.485 e. The molecule has 6 rings (SSSR count). The van der Waals surface area contributed by atoms with Crippen LogP contribution < -0.4 is 4.90 Å². The summed E-state index contributed by atoms with van der Waals surface area (Å²) in [4.78, 5) is 25.9. The van der Waals surface area contributed by atoms with Crippen LogP contribution in [0.5, 0.6) is 0 Å². The minimum Gasteiger partial charge on any atom is -0.485 e. The normalized spacial score (nSPS) is 24.8. The van der Waals surface area contributed by atoms with Gasteiger partial charge in [0.2, 0.25) is 5.78 Å². The number of ether oxygens (including phenoxy) is 1. The molecule has 2 atom stereocenters. The van der Waals surface area contributed by atoms with Crippen molar-refractivity contribution in [1.29, 1.82) is 0 Å². The van der Waals surface area contributed by atoms with Crippen LogP contribution in [0.4, 0.5) is 5.69 Å². The molecule has 3 aliphatic heterocycles. The van der Waals surface area contributed by atoms with Crippen molar-refractivity contribution in [2.75, 3.05) is 11.4 Å². The van der Waals surface area contributed by atoms with Crippen molar-refractivity contribution < 1.29 is 32.4 Å². The number of carboxylic acid groups (broad SMARTS) is 1. The number of hydrogen-bond donors (Lipinski definition) is 2. The summed E-state index contributed by atoms with van der Waals surface area (Å²) in [6, 6.07) is 10.2. The molecule has 3 heterocycles. The first-order valence-corrected chi connectivity index (χ1v) is 13.0. The van der Waals surface area contributed by atoms with Crippen molar-refractivity contribution in [3.8, 4) is 0 Å². The minimum absolute atomic E-state index is 0.147. The molecule has 1 aliphatic carbocycles. The molecular weight excluding hydrogens is 482 g/mol. The first kappa shape index (κ1) is 22.8. The van der Waals surface area contributed by atoms with E-state index in [1.807, 2.05) is 38.1 Å². The van der Waals surface area contributed by atoms with Gasteiger partial charge in [0.25, 0.3) is 10.1 Å². The van der Waals surface area contributed by atoms with Gasteiger partial charge in [0.15, 0.2) is 0 Å². The zero-order valence-electron chi connectivity index (χ0n) is 19.6. The fourth-order valence-electron chi connectivity index (χ4n) is 6.09. The summed E-state index contributed by atoms with van der Waals surface area (Å²) in [5.41, 5.74) is 4.01. The van der Waals surface area contributed by atoms with Gasteiger partial charge in [0.1, 0.15) is 16.8 Å². The molecule has 4 aliphatic rings. The van der Waals surface area contributed by atoms with Crippen molar-refractivity contribution in [1.82, 2.24) is 0 Å². The van der Waals surface area contributed by atoms with Gasteiger partial charge in [-0.05, 0) is 48.4 Å². The lowest BCUT2D eigenvalue weighted by molar-refractivity contribution is -0.138. The highest BCUT2D eigenvalue weighted by Gasteiger charge is 2.51. The number of benzene rings is 2. The molecule has 2 aromatic carbocycles. The van der Waals surface area contributed by atoms with E-state index in [4.69, 9.17) is 4.74 Å². The number of hydrogen-bond acceptors (Lipinski definition) is 6. The quantitative estimate of drug-likeness (QED) is 0.602. The molecule has 9 heteroatoms. The van der Waals surface area contributed by atoms with E-state index >= 15 is 0 Å². The van der Waals surface area contributed by atoms with Crippen molar-refractivity contribution in [3.05, 3.63) is 87.2 Å². The Morgan fingerprint density at radius 2 is 1.97 bits per heavy atom. The van der Waals surface area contributed by atoms with Crippen LogP contribution in [-0.2, 0) is 29.9 Å². The smallest absolute Gasteiger partial charge is 0.304 e. The Hall–Kier alpha value is -3.69. The molecule has 8 nitrogen and oxygen atoms in total. The van der Waals surface area contributed by atoms with Crippen LogP contribution in [0.25, 0.3) is 10.8 Å². The molecule has 36 heavy (non-hydrogen) atoms. The second kappa shape index (κ2) is 7.41. The molecule has 0 saturated heterocycles. The molecule has 0 radical (unpaired) electrons. The zero-order chi connectivity index (χ0) is 25.6. The van der Waals surface area contributed by atoms with Gasteiger partial charge in [-0.3, -0.25) is 14.1 Å². The number of carbonyl (C=O) groups is 2. The fourth-order valence-corrected chi connectivity index (χ4v) is 6.68. The number of carboxylic acids is 1. The molecule has 0 saturated carbocycles. The highest BCUT2D eigenvalue weighted by molar-refractivity contribution is 7.90. The number of allylic oxidation sites excluding steroid dienone is 4. The number of ketones is 1. The van der Waals surface area contributed by atoms with Gasteiger partial charge >= 0.3 is 5.97 Å². The third kappa shape index (κ3) is 3.19. The van der Waals surface area contributed by atoms with Crippen LogP contribution >= 0.6 is 0 Å². The van der Waals surface area contributed by atoms with Gasteiger partial charge in [-0.15, -0.1) is 0 Å². The predicted octanol–water partition coefficient (Wildman–Crippen LogP) is 3.92. The van der Waals surface area contributed by atoms with Crippen LogP contribution in [0.15, 0.2) is 76.1 Å². The number of aryl methyl sites for hydroxylation is 1. The Bertz CT molecular complexity index is 1640. The summed E-state index contributed by atoms with van der Waals surface area (Å²) in [6.07, 6.45) is 3.99. The second-order valence-electron chi connectivity index (χ2n) is 9.89. The van der Waals surface area contributed by atoms with Gasteiger partial charge < -0.3 is 14.7 Å². The lowest BCUT2D eigenvalue weighted by Crippen LogP contribution is -2.41. The maximum absolute atomic E-state index is 12.3. The SMILES string of the molecule is Cc1ccc2c3c(ccc2c1)N1CCC2OC4=CC(=O)C(S(=O)(=O)O)=CC4=CC2=C1C3(C)CC(=O)O. The molecule has 0 bridgehead atoms. The number of anilines is 1. The van der Waals surface area contributed by atoms with E-state index in [1.165, 1.54) is 0 Å². The third-order valence-electron chi connectivity index (χ3n) is 7.46. The van der Waals surface area contributed by atoms with Gasteiger partial charge in [-0.1, -0.05) is 29.8 Å². The Morgan fingerprint density at radius 1 is 1.19 bits per heavy atom. The summed E-state index contributed by atoms with van der Waals surface area (Å²) in [5, 5.41) is 12.0. The maximum Gasteiger partial charge on any atom is 0.304 e. The summed E-state index contributed by atoms with van der Waals surface area (Å²) < 4.78 is 39.1. The van der Waals surface area contributed by atoms with E-state index in [-0.39, 0.29) is 12.2 Å². The standard InChI is InChI=1S/C27H23NO7S/c1-14-3-5-17-15(9-14)4-6-19-25(17)27(2,13-24(30)31)26-18-10-16-11-23(36(32,33)34)20(29)12-22(16)35-21(18)7-8-28(19)26/h3-6,9-12,21H,7-8,13H2,1-2H3,(H,30,31)(H,32,33,34). The number of aliphatic carboxylic acids is 1. The zero-order valence-corrected chi connectivity index (χ0v) is 20.4. The first-order valence-electron chi connectivity index (χ1n) is 11.6.